The van der Waals surface area contributed by atoms with Crippen molar-refractivity contribution in [2.75, 3.05) is 18.8 Å². The molecule has 144 valence electrons. The molecule has 1 fully saturated rings. The average Bonchev–Trinajstić information content (AvgIpc) is 3.39. The zero-order valence-electron chi connectivity index (χ0n) is 16.1. The molecule has 0 atom stereocenters. The molecule has 3 aromatic rings. The fourth-order valence-electron chi connectivity index (χ4n) is 3.33. The highest BCUT2D eigenvalue weighted by atomic mass is 32.2. The highest BCUT2D eigenvalue weighted by molar-refractivity contribution is 7.99. The van der Waals surface area contributed by atoms with Crippen molar-refractivity contribution in [1.82, 2.24) is 24.6 Å². The summed E-state index contributed by atoms with van der Waals surface area (Å²) in [5.41, 5.74) is 4.32. The van der Waals surface area contributed by atoms with E-state index in [2.05, 4.69) is 47.2 Å². The molecule has 7 heteroatoms. The summed E-state index contributed by atoms with van der Waals surface area (Å²) < 4.78 is 2.02. The summed E-state index contributed by atoms with van der Waals surface area (Å²) in [6, 6.07) is 10.2. The Bertz CT molecular complexity index is 980. The van der Waals surface area contributed by atoms with Crippen LogP contribution in [0.3, 0.4) is 0 Å². The minimum atomic E-state index is 0.167. The maximum Gasteiger partial charge on any atom is 0.233 e. The second-order valence-corrected chi connectivity index (χ2v) is 7.97. The monoisotopic (exact) mass is 393 g/mol. The summed E-state index contributed by atoms with van der Waals surface area (Å²) in [4.78, 5) is 18.6. The molecule has 6 nitrogen and oxygen atoms in total. The van der Waals surface area contributed by atoms with E-state index in [0.717, 1.165) is 48.2 Å². The second kappa shape index (κ2) is 8.14. The number of aryl methyl sites for hydroxylation is 2. The molecule has 0 saturated carbocycles. The summed E-state index contributed by atoms with van der Waals surface area (Å²) >= 11 is 1.44. The maximum atomic E-state index is 12.5. The van der Waals surface area contributed by atoms with Gasteiger partial charge in [0.2, 0.25) is 5.91 Å². The van der Waals surface area contributed by atoms with E-state index in [9.17, 15) is 4.79 Å². The van der Waals surface area contributed by atoms with E-state index < -0.39 is 0 Å². The first-order valence-corrected chi connectivity index (χ1v) is 10.5. The minimum Gasteiger partial charge on any atom is -0.342 e. The number of amides is 1. The van der Waals surface area contributed by atoms with Crippen LogP contribution >= 0.6 is 11.8 Å². The number of benzene rings is 1. The van der Waals surface area contributed by atoms with Crippen LogP contribution in [0.15, 0.2) is 47.9 Å². The van der Waals surface area contributed by atoms with Crippen molar-refractivity contribution in [3.05, 3.63) is 53.9 Å². The number of hydrogen-bond acceptors (Lipinski definition) is 5. The molecule has 0 N–H and O–H groups in total. The van der Waals surface area contributed by atoms with Crippen molar-refractivity contribution in [3.8, 4) is 17.1 Å². The standard InChI is InChI=1S/C21H23N5OS/c1-15-7-8-18(12-16(15)2)26-20(17-6-5-9-22-13-17)23-24-21(26)28-14-19(27)25-10-3-4-11-25/h5-9,12-13H,3-4,10-11,14H2,1-2H3. The van der Waals surface area contributed by atoms with Crippen LogP contribution in [0.1, 0.15) is 24.0 Å². The molecule has 0 aliphatic carbocycles. The molecule has 0 radical (unpaired) electrons. The summed E-state index contributed by atoms with van der Waals surface area (Å²) in [6.45, 7) is 5.92. The Hall–Kier alpha value is -2.67. The van der Waals surface area contributed by atoms with Crippen molar-refractivity contribution in [3.63, 3.8) is 0 Å². The predicted molar refractivity (Wildman–Crippen MR) is 111 cm³/mol. The SMILES string of the molecule is Cc1ccc(-n2c(SCC(=O)N3CCCC3)nnc2-c2cccnc2)cc1C. The van der Waals surface area contributed by atoms with E-state index >= 15 is 0 Å². The lowest BCUT2D eigenvalue weighted by Crippen LogP contribution is -2.29. The van der Waals surface area contributed by atoms with Gasteiger partial charge in [-0.2, -0.15) is 0 Å². The van der Waals surface area contributed by atoms with Crippen LogP contribution in [-0.4, -0.2) is 49.4 Å². The molecule has 1 saturated heterocycles. The fourth-order valence-corrected chi connectivity index (χ4v) is 4.18. The van der Waals surface area contributed by atoms with Crippen molar-refractivity contribution in [2.24, 2.45) is 0 Å². The van der Waals surface area contributed by atoms with Crippen LogP contribution < -0.4 is 0 Å². The van der Waals surface area contributed by atoms with Gasteiger partial charge in [0.25, 0.3) is 0 Å². The maximum absolute atomic E-state index is 12.5. The predicted octanol–water partition coefficient (Wildman–Crippen LogP) is 3.66. The third-order valence-corrected chi connectivity index (χ3v) is 6.00. The van der Waals surface area contributed by atoms with E-state index in [1.807, 2.05) is 21.6 Å². The van der Waals surface area contributed by atoms with E-state index in [1.165, 1.54) is 22.9 Å². The highest BCUT2D eigenvalue weighted by Gasteiger charge is 2.21. The Morgan fingerprint density at radius 2 is 1.93 bits per heavy atom. The lowest BCUT2D eigenvalue weighted by atomic mass is 10.1. The van der Waals surface area contributed by atoms with Crippen LogP contribution in [0.5, 0.6) is 0 Å². The van der Waals surface area contributed by atoms with Gasteiger partial charge in [-0.3, -0.25) is 14.3 Å². The first kappa shape index (κ1) is 18.7. The summed E-state index contributed by atoms with van der Waals surface area (Å²) in [5.74, 6) is 1.27. The molecular weight excluding hydrogens is 370 g/mol. The molecule has 1 aliphatic heterocycles. The van der Waals surface area contributed by atoms with Gasteiger partial charge in [0, 0.05) is 31.0 Å². The zero-order valence-corrected chi connectivity index (χ0v) is 16.9. The van der Waals surface area contributed by atoms with Crippen molar-refractivity contribution in [2.45, 2.75) is 31.8 Å². The van der Waals surface area contributed by atoms with E-state index in [-0.39, 0.29) is 5.91 Å². The van der Waals surface area contributed by atoms with Gasteiger partial charge in [-0.15, -0.1) is 10.2 Å². The fraction of sp³-hybridized carbons (Fsp3) is 0.333. The molecule has 1 aromatic carbocycles. The first-order valence-electron chi connectivity index (χ1n) is 9.47. The Balaban J connectivity index is 1.68. The number of thioether (sulfide) groups is 1. The molecule has 2 aromatic heterocycles. The largest absolute Gasteiger partial charge is 0.342 e. The Kier molecular flexibility index (Phi) is 5.43. The molecule has 3 heterocycles. The van der Waals surface area contributed by atoms with E-state index in [1.54, 1.807) is 12.4 Å². The van der Waals surface area contributed by atoms with Crippen LogP contribution in [0, 0.1) is 13.8 Å². The highest BCUT2D eigenvalue weighted by Crippen LogP contribution is 2.29. The number of nitrogens with zero attached hydrogens (tertiary/aromatic N) is 5. The third-order valence-electron chi connectivity index (χ3n) is 5.09. The Labute approximate surface area is 169 Å². The summed E-state index contributed by atoms with van der Waals surface area (Å²) in [7, 11) is 0. The number of likely N-dealkylation sites (tertiary alicyclic amines) is 1. The van der Waals surface area contributed by atoms with Crippen LogP contribution in [-0.2, 0) is 4.79 Å². The molecule has 0 unspecified atom stereocenters. The normalized spacial score (nSPS) is 13.9. The van der Waals surface area contributed by atoms with Crippen LogP contribution in [0.25, 0.3) is 17.1 Å². The molecule has 4 rings (SSSR count). The van der Waals surface area contributed by atoms with Gasteiger partial charge in [-0.25, -0.2) is 0 Å². The number of rotatable bonds is 5. The smallest absolute Gasteiger partial charge is 0.233 e. The molecule has 0 spiro atoms. The van der Waals surface area contributed by atoms with Crippen molar-refractivity contribution < 1.29 is 4.79 Å². The van der Waals surface area contributed by atoms with Crippen LogP contribution in [0.4, 0.5) is 0 Å². The summed E-state index contributed by atoms with van der Waals surface area (Å²) in [6.07, 6.45) is 5.72. The number of pyridine rings is 1. The lowest BCUT2D eigenvalue weighted by molar-refractivity contribution is -0.127. The second-order valence-electron chi connectivity index (χ2n) is 7.03. The molecular formula is C21H23N5OS. The van der Waals surface area contributed by atoms with Gasteiger partial charge in [-0.1, -0.05) is 17.8 Å². The van der Waals surface area contributed by atoms with Gasteiger partial charge in [0.05, 0.1) is 11.4 Å². The zero-order chi connectivity index (χ0) is 19.5. The Morgan fingerprint density at radius 3 is 2.64 bits per heavy atom. The number of carbonyl (C=O) groups is 1. The van der Waals surface area contributed by atoms with Gasteiger partial charge in [0.15, 0.2) is 11.0 Å². The molecule has 0 bridgehead atoms. The van der Waals surface area contributed by atoms with Crippen molar-refractivity contribution >= 4 is 17.7 Å². The quantitative estimate of drug-likeness (QED) is 0.619. The number of carbonyl (C=O) groups excluding carboxylic acids is 1. The summed E-state index contributed by atoms with van der Waals surface area (Å²) in [5, 5.41) is 9.53. The number of aromatic nitrogens is 4. The van der Waals surface area contributed by atoms with E-state index in [0.29, 0.717) is 5.75 Å². The average molecular weight is 394 g/mol. The Morgan fingerprint density at radius 1 is 1.11 bits per heavy atom. The van der Waals surface area contributed by atoms with Crippen molar-refractivity contribution in [1.29, 1.82) is 0 Å². The number of hydrogen-bond donors (Lipinski definition) is 0. The minimum absolute atomic E-state index is 0.167. The lowest BCUT2D eigenvalue weighted by Gasteiger charge is -2.15. The topological polar surface area (TPSA) is 63.9 Å². The van der Waals surface area contributed by atoms with Gasteiger partial charge in [0.1, 0.15) is 0 Å². The molecule has 28 heavy (non-hydrogen) atoms. The molecule has 1 amide bonds. The first-order chi connectivity index (χ1) is 13.6. The third kappa shape index (κ3) is 3.80. The van der Waals surface area contributed by atoms with Gasteiger partial charge >= 0.3 is 0 Å². The molecule has 1 aliphatic rings. The van der Waals surface area contributed by atoms with E-state index in [4.69, 9.17) is 0 Å². The van der Waals surface area contributed by atoms with Crippen LogP contribution in [0.2, 0.25) is 0 Å². The van der Waals surface area contributed by atoms with Gasteiger partial charge < -0.3 is 4.90 Å². The van der Waals surface area contributed by atoms with Gasteiger partial charge in [-0.05, 0) is 62.1 Å².